The minimum absolute atomic E-state index is 0.597. The third kappa shape index (κ3) is 148. The van der Waals surface area contributed by atoms with Gasteiger partial charge in [0.05, 0.1) is 0 Å². The van der Waals surface area contributed by atoms with Crippen LogP contribution in [0.5, 0.6) is 0 Å². The van der Waals surface area contributed by atoms with E-state index in [1.165, 1.54) is 0 Å². The quantitative estimate of drug-likeness (QED) is 0.508. The van der Waals surface area contributed by atoms with Crippen LogP contribution in [0.1, 0.15) is 0 Å². The number of nitrogens with two attached hydrogens (primary N) is 2. The second-order valence-corrected chi connectivity index (χ2v) is 1.78. The van der Waals surface area contributed by atoms with Crippen molar-refractivity contribution in [2.45, 2.75) is 0 Å². The van der Waals surface area contributed by atoms with Gasteiger partial charge in [0, 0.05) is 13.1 Å². The molecule has 50 valence electrons. The van der Waals surface area contributed by atoms with Gasteiger partial charge in [-0.05, 0) is 0 Å². The fraction of sp³-hybridized carbons (Fsp3) is 1.00. The van der Waals surface area contributed by atoms with Gasteiger partial charge >= 0.3 is 27.4 Å². The van der Waals surface area contributed by atoms with E-state index in [4.69, 9.17) is 21.7 Å². The van der Waals surface area contributed by atoms with Crippen molar-refractivity contribution in [2.75, 3.05) is 13.1 Å². The molecule has 0 rings (SSSR count). The zero-order valence-electron chi connectivity index (χ0n) is 4.20. The van der Waals surface area contributed by atoms with Crippen LogP contribution in [0.2, 0.25) is 0 Å². The molecule has 5 nitrogen and oxygen atoms in total. The van der Waals surface area contributed by atoms with Crippen LogP contribution in [-0.4, -0.2) is 13.1 Å². The predicted molar refractivity (Wildman–Crippen MR) is 20.2 cm³/mol. The Morgan fingerprint density at radius 1 is 1.00 bits per heavy atom. The summed E-state index contributed by atoms with van der Waals surface area (Å²) in [5, 5.41) is 0. The van der Waals surface area contributed by atoms with E-state index in [2.05, 4.69) is 0 Å². The molecule has 0 bridgehead atoms. The second kappa shape index (κ2) is 10.1. The summed E-state index contributed by atoms with van der Waals surface area (Å²) in [6.07, 6.45) is 0. The van der Waals surface area contributed by atoms with E-state index in [1.54, 1.807) is 0 Å². The van der Waals surface area contributed by atoms with Gasteiger partial charge in [-0.1, -0.05) is 0 Å². The summed E-state index contributed by atoms with van der Waals surface area (Å²) >= 11 is -4.11. The van der Waals surface area contributed by atoms with Crippen molar-refractivity contribution in [3.8, 4) is 0 Å². The van der Waals surface area contributed by atoms with Crippen molar-refractivity contribution in [1.82, 2.24) is 0 Å². The molecule has 0 unspecified atom stereocenters. The first kappa shape index (κ1) is 10.9. The Morgan fingerprint density at radius 2 is 1.12 bits per heavy atom. The third-order valence-corrected chi connectivity index (χ3v) is 0.167. The van der Waals surface area contributed by atoms with Crippen molar-refractivity contribution < 1.29 is 27.4 Å². The Morgan fingerprint density at radius 3 is 1.12 bits per heavy atom. The molecular formula is C2H8MoN2O3. The molecule has 0 fully saturated rings. The van der Waals surface area contributed by atoms with E-state index in [1.807, 2.05) is 0 Å². The zero-order chi connectivity index (χ0) is 6.99. The van der Waals surface area contributed by atoms with E-state index in [9.17, 15) is 0 Å². The van der Waals surface area contributed by atoms with E-state index in [0.717, 1.165) is 0 Å². The van der Waals surface area contributed by atoms with Crippen molar-refractivity contribution in [3.05, 3.63) is 0 Å². The van der Waals surface area contributed by atoms with E-state index in [-0.39, 0.29) is 0 Å². The van der Waals surface area contributed by atoms with Crippen LogP contribution in [0.3, 0.4) is 0 Å². The fourth-order valence-electron chi connectivity index (χ4n) is 0. The average Bonchev–Trinajstić information content (AvgIpc) is 1.65. The van der Waals surface area contributed by atoms with Crippen LogP contribution < -0.4 is 11.5 Å². The van der Waals surface area contributed by atoms with Gasteiger partial charge in [-0.15, -0.1) is 0 Å². The zero-order valence-corrected chi connectivity index (χ0v) is 6.21. The maximum atomic E-state index is 8.59. The predicted octanol–water partition coefficient (Wildman–Crippen LogP) is -1.46. The molecule has 0 aromatic heterocycles. The summed E-state index contributed by atoms with van der Waals surface area (Å²) in [5.74, 6) is 0. The van der Waals surface area contributed by atoms with Crippen LogP contribution in [0.25, 0.3) is 0 Å². The molecule has 0 spiro atoms. The van der Waals surface area contributed by atoms with Gasteiger partial charge in [0.15, 0.2) is 0 Å². The van der Waals surface area contributed by atoms with Gasteiger partial charge < -0.3 is 11.5 Å². The molecule has 0 saturated heterocycles. The summed E-state index contributed by atoms with van der Waals surface area (Å²) in [4.78, 5) is 0. The molecule has 0 amide bonds. The third-order valence-electron chi connectivity index (χ3n) is 0.167. The molecule has 6 heteroatoms. The summed E-state index contributed by atoms with van der Waals surface area (Å²) in [6.45, 7) is 1.19. The Balaban J connectivity index is 0. The molecule has 0 atom stereocenters. The van der Waals surface area contributed by atoms with Gasteiger partial charge in [0.1, 0.15) is 0 Å². The van der Waals surface area contributed by atoms with Crippen molar-refractivity contribution in [2.24, 2.45) is 11.5 Å². The van der Waals surface area contributed by atoms with Crippen LogP contribution in [0.4, 0.5) is 0 Å². The van der Waals surface area contributed by atoms with Gasteiger partial charge in [-0.2, -0.15) is 0 Å². The number of rotatable bonds is 1. The minimum atomic E-state index is -4.11. The molecule has 0 aromatic rings. The maximum absolute atomic E-state index is 8.59. The molecule has 8 heavy (non-hydrogen) atoms. The van der Waals surface area contributed by atoms with Crippen LogP contribution in [-0.2, 0) is 27.4 Å². The molecule has 0 saturated carbocycles. The molecule has 0 heterocycles. The van der Waals surface area contributed by atoms with Gasteiger partial charge in [0.25, 0.3) is 0 Å². The first-order valence-electron chi connectivity index (χ1n) is 1.82. The monoisotopic (exact) mass is 206 g/mol. The summed E-state index contributed by atoms with van der Waals surface area (Å²) in [7, 11) is 0. The van der Waals surface area contributed by atoms with Gasteiger partial charge in [0.2, 0.25) is 0 Å². The van der Waals surface area contributed by atoms with Crippen molar-refractivity contribution in [3.63, 3.8) is 0 Å². The summed E-state index contributed by atoms with van der Waals surface area (Å²) in [5.41, 5.74) is 9.81. The first-order chi connectivity index (χ1) is 3.65. The number of hydrogen-bond donors (Lipinski definition) is 2. The molecule has 0 aliphatic rings. The average molecular weight is 204 g/mol. The number of hydrogen-bond acceptors (Lipinski definition) is 5. The molecule has 0 aromatic carbocycles. The Hall–Kier alpha value is 0.00831. The first-order valence-corrected chi connectivity index (χ1v) is 4.27. The molecule has 0 aliphatic carbocycles. The second-order valence-electron chi connectivity index (χ2n) is 0.781. The van der Waals surface area contributed by atoms with E-state index in [0.29, 0.717) is 13.1 Å². The fourth-order valence-corrected chi connectivity index (χ4v) is 0. The van der Waals surface area contributed by atoms with E-state index < -0.39 is 17.2 Å². The summed E-state index contributed by atoms with van der Waals surface area (Å²) < 4.78 is 25.8. The Kier molecular flexibility index (Phi) is 13.7. The molecular weight excluding hydrogens is 196 g/mol. The molecule has 0 aliphatic heterocycles. The van der Waals surface area contributed by atoms with E-state index >= 15 is 0 Å². The topological polar surface area (TPSA) is 103 Å². The van der Waals surface area contributed by atoms with Crippen molar-refractivity contribution >= 4 is 0 Å². The van der Waals surface area contributed by atoms with Crippen LogP contribution >= 0.6 is 0 Å². The van der Waals surface area contributed by atoms with Crippen LogP contribution in [0.15, 0.2) is 0 Å². The standard InChI is InChI=1S/C2H8N2.Mo.3O/c3-1-2-4;;;;/h1-4H2;;;;. The SMILES string of the molecule is NCCN.[O]=[Mo](=[O])=[O]. The van der Waals surface area contributed by atoms with Gasteiger partial charge in [-0.3, -0.25) is 0 Å². The van der Waals surface area contributed by atoms with Crippen LogP contribution in [0, 0.1) is 0 Å². The van der Waals surface area contributed by atoms with Gasteiger partial charge in [-0.25, -0.2) is 0 Å². The van der Waals surface area contributed by atoms with Crippen molar-refractivity contribution in [1.29, 1.82) is 0 Å². The molecule has 0 radical (unpaired) electrons. The normalized spacial score (nSPS) is 6.75. The summed E-state index contributed by atoms with van der Waals surface area (Å²) in [6, 6.07) is 0. The molecule has 4 N–H and O–H groups in total. The Bertz CT molecular complexity index is 104. The Labute approximate surface area is 52.5 Å².